The molecule has 0 amide bonds. The van der Waals surface area contributed by atoms with Crippen molar-refractivity contribution in [3.63, 3.8) is 0 Å². The van der Waals surface area contributed by atoms with Gasteiger partial charge in [0.05, 0.1) is 20.3 Å². The zero-order chi connectivity index (χ0) is 20.4. The molecular formula is C22H39IN4O2. The first-order chi connectivity index (χ1) is 13.5. The third-order valence-corrected chi connectivity index (χ3v) is 5.37. The molecule has 0 aromatic heterocycles. The van der Waals surface area contributed by atoms with Crippen molar-refractivity contribution in [2.45, 2.75) is 45.1 Å². The number of hydrogen-bond donors (Lipinski definition) is 2. The second-order valence-corrected chi connectivity index (χ2v) is 8.06. The molecule has 0 radical (unpaired) electrons. The van der Waals surface area contributed by atoms with Gasteiger partial charge in [-0.25, -0.2) is 0 Å². The molecule has 1 aromatic carbocycles. The van der Waals surface area contributed by atoms with Gasteiger partial charge in [0.15, 0.2) is 5.96 Å². The van der Waals surface area contributed by atoms with Crippen LogP contribution in [-0.4, -0.2) is 70.5 Å². The smallest absolute Gasteiger partial charge is 0.191 e. The zero-order valence-corrected chi connectivity index (χ0v) is 21.0. The Morgan fingerprint density at radius 1 is 1.24 bits per heavy atom. The van der Waals surface area contributed by atoms with Gasteiger partial charge in [-0.05, 0) is 37.5 Å². The van der Waals surface area contributed by atoms with E-state index >= 15 is 0 Å². The molecule has 0 saturated carbocycles. The Morgan fingerprint density at radius 3 is 2.59 bits per heavy atom. The Hall–Kier alpha value is -1.06. The molecule has 0 aliphatic carbocycles. The van der Waals surface area contributed by atoms with Gasteiger partial charge in [-0.1, -0.05) is 26.0 Å². The van der Waals surface area contributed by atoms with Gasteiger partial charge in [-0.3, -0.25) is 4.99 Å². The van der Waals surface area contributed by atoms with Crippen molar-refractivity contribution in [3.8, 4) is 5.75 Å². The van der Waals surface area contributed by atoms with E-state index in [0.29, 0.717) is 12.6 Å². The first-order valence-corrected chi connectivity index (χ1v) is 10.4. The summed E-state index contributed by atoms with van der Waals surface area (Å²) in [6, 6.07) is 8.74. The van der Waals surface area contributed by atoms with Gasteiger partial charge in [0, 0.05) is 44.7 Å². The highest BCUT2D eigenvalue weighted by Crippen LogP contribution is 2.26. The molecule has 0 unspecified atom stereocenters. The first-order valence-electron chi connectivity index (χ1n) is 10.4. The van der Waals surface area contributed by atoms with Crippen LogP contribution in [-0.2, 0) is 10.2 Å². The van der Waals surface area contributed by atoms with E-state index in [-0.39, 0.29) is 29.4 Å². The summed E-state index contributed by atoms with van der Waals surface area (Å²) in [6.07, 6.45) is 2.26. The molecule has 7 heteroatoms. The summed E-state index contributed by atoms with van der Waals surface area (Å²) in [4.78, 5) is 7.37. The van der Waals surface area contributed by atoms with E-state index in [1.807, 2.05) is 12.1 Å². The minimum atomic E-state index is -0.0690. The number of guanidine groups is 1. The fourth-order valence-electron chi connectivity index (χ4n) is 3.45. The Balaban J connectivity index is 0.00000420. The third kappa shape index (κ3) is 8.68. The fraction of sp³-hybridized carbons (Fsp3) is 0.682. The molecule has 1 heterocycles. The van der Waals surface area contributed by atoms with E-state index in [2.05, 4.69) is 48.4 Å². The number of hydrogen-bond acceptors (Lipinski definition) is 4. The highest BCUT2D eigenvalue weighted by Gasteiger charge is 2.23. The lowest BCUT2D eigenvalue weighted by molar-refractivity contribution is 0.128. The molecule has 166 valence electrons. The summed E-state index contributed by atoms with van der Waals surface area (Å²) < 4.78 is 10.6. The molecular weight excluding hydrogens is 479 g/mol. The van der Waals surface area contributed by atoms with Gasteiger partial charge in [0.25, 0.3) is 0 Å². The van der Waals surface area contributed by atoms with E-state index in [1.165, 1.54) is 5.56 Å². The molecule has 1 saturated heterocycles. The monoisotopic (exact) mass is 518 g/mol. The van der Waals surface area contributed by atoms with Crippen LogP contribution in [0.15, 0.2) is 29.3 Å². The number of halogens is 1. The maximum atomic E-state index is 5.38. The number of aliphatic imine (C=N–C) groups is 1. The lowest BCUT2D eigenvalue weighted by atomic mass is 9.84. The quantitative estimate of drug-likeness (QED) is 0.299. The highest BCUT2D eigenvalue weighted by molar-refractivity contribution is 14.0. The zero-order valence-electron chi connectivity index (χ0n) is 18.7. The molecule has 1 aromatic rings. The van der Waals surface area contributed by atoms with Crippen molar-refractivity contribution in [3.05, 3.63) is 29.8 Å². The molecule has 29 heavy (non-hydrogen) atoms. The van der Waals surface area contributed by atoms with E-state index in [4.69, 9.17) is 14.5 Å². The average molecular weight is 518 g/mol. The van der Waals surface area contributed by atoms with Gasteiger partial charge >= 0.3 is 0 Å². The van der Waals surface area contributed by atoms with Crippen molar-refractivity contribution in [2.24, 2.45) is 4.99 Å². The maximum Gasteiger partial charge on any atom is 0.191 e. The highest BCUT2D eigenvalue weighted by atomic mass is 127. The van der Waals surface area contributed by atoms with Gasteiger partial charge in [0.1, 0.15) is 5.75 Å². The predicted molar refractivity (Wildman–Crippen MR) is 132 cm³/mol. The van der Waals surface area contributed by atoms with Gasteiger partial charge < -0.3 is 25.0 Å². The summed E-state index contributed by atoms with van der Waals surface area (Å²) in [5.74, 6) is 1.80. The van der Waals surface area contributed by atoms with Gasteiger partial charge in [0.2, 0.25) is 0 Å². The third-order valence-electron chi connectivity index (χ3n) is 5.37. The van der Waals surface area contributed by atoms with Crippen molar-refractivity contribution >= 4 is 29.9 Å². The SMILES string of the molecule is CCNC(=NCC(C)(C)c1cccc(OC)c1)NC1CCN(CCOC)CC1.I. The Kier molecular flexibility index (Phi) is 11.9. The standard InChI is InChI=1S/C22H38N4O2.HI/c1-6-23-21(25-19-10-12-26(13-11-19)14-15-27-4)24-17-22(2,3)18-8-7-9-20(16-18)28-5;/h7-9,16,19H,6,10-15,17H2,1-5H3,(H2,23,24,25);1H. The van der Waals surface area contributed by atoms with Crippen LogP contribution in [0, 0.1) is 0 Å². The lowest BCUT2D eigenvalue weighted by Gasteiger charge is -2.33. The van der Waals surface area contributed by atoms with E-state index in [0.717, 1.165) is 57.3 Å². The Labute approximate surface area is 193 Å². The van der Waals surface area contributed by atoms with Crippen molar-refractivity contribution < 1.29 is 9.47 Å². The van der Waals surface area contributed by atoms with Crippen LogP contribution in [0.1, 0.15) is 39.2 Å². The van der Waals surface area contributed by atoms with Crippen LogP contribution in [0.25, 0.3) is 0 Å². The number of nitrogens with one attached hydrogen (secondary N) is 2. The van der Waals surface area contributed by atoms with Crippen molar-refractivity contribution in [2.75, 3.05) is 53.6 Å². The minimum Gasteiger partial charge on any atom is -0.497 e. The lowest BCUT2D eigenvalue weighted by Crippen LogP contribution is -2.49. The van der Waals surface area contributed by atoms with Gasteiger partial charge in [-0.2, -0.15) is 0 Å². The second-order valence-electron chi connectivity index (χ2n) is 8.06. The number of likely N-dealkylation sites (tertiary alicyclic amines) is 1. The summed E-state index contributed by atoms with van der Waals surface area (Å²) >= 11 is 0. The average Bonchev–Trinajstić information content (AvgIpc) is 2.72. The number of rotatable bonds is 9. The summed E-state index contributed by atoms with van der Waals surface area (Å²) in [6.45, 7) is 12.2. The number of piperidine rings is 1. The molecule has 2 N–H and O–H groups in total. The molecule has 2 rings (SSSR count). The first kappa shape index (κ1) is 26.0. The molecule has 0 atom stereocenters. The number of methoxy groups -OCH3 is 2. The largest absolute Gasteiger partial charge is 0.497 e. The normalized spacial score (nSPS) is 16.2. The van der Waals surface area contributed by atoms with E-state index in [9.17, 15) is 0 Å². The van der Waals surface area contributed by atoms with Crippen LogP contribution in [0.3, 0.4) is 0 Å². The number of nitrogens with zero attached hydrogens (tertiary/aromatic N) is 2. The van der Waals surface area contributed by atoms with Crippen LogP contribution < -0.4 is 15.4 Å². The van der Waals surface area contributed by atoms with Crippen LogP contribution >= 0.6 is 24.0 Å². The molecule has 0 bridgehead atoms. The predicted octanol–water partition coefficient (Wildman–Crippen LogP) is 3.26. The fourth-order valence-corrected chi connectivity index (χ4v) is 3.45. The molecule has 1 aliphatic heterocycles. The molecule has 1 aliphatic rings. The van der Waals surface area contributed by atoms with Crippen LogP contribution in [0.4, 0.5) is 0 Å². The van der Waals surface area contributed by atoms with Crippen LogP contribution in [0.5, 0.6) is 5.75 Å². The minimum absolute atomic E-state index is 0. The molecule has 1 fully saturated rings. The molecule has 6 nitrogen and oxygen atoms in total. The topological polar surface area (TPSA) is 58.1 Å². The van der Waals surface area contributed by atoms with Gasteiger partial charge in [-0.15, -0.1) is 24.0 Å². The molecule has 0 spiro atoms. The van der Waals surface area contributed by atoms with Crippen LogP contribution in [0.2, 0.25) is 0 Å². The van der Waals surface area contributed by atoms with E-state index in [1.54, 1.807) is 14.2 Å². The number of ether oxygens (including phenoxy) is 2. The Morgan fingerprint density at radius 2 is 1.97 bits per heavy atom. The van der Waals surface area contributed by atoms with Crippen molar-refractivity contribution in [1.82, 2.24) is 15.5 Å². The van der Waals surface area contributed by atoms with E-state index < -0.39 is 0 Å². The Bertz CT molecular complexity index is 617. The summed E-state index contributed by atoms with van der Waals surface area (Å²) in [5.41, 5.74) is 1.17. The maximum absolute atomic E-state index is 5.38. The number of benzene rings is 1. The summed E-state index contributed by atoms with van der Waals surface area (Å²) in [5, 5.41) is 7.04. The summed E-state index contributed by atoms with van der Waals surface area (Å²) in [7, 11) is 3.47. The van der Waals surface area contributed by atoms with Crippen molar-refractivity contribution in [1.29, 1.82) is 0 Å². The second kappa shape index (κ2) is 13.3.